The molecule has 0 atom stereocenters. The van der Waals surface area contributed by atoms with Gasteiger partial charge in [0, 0.05) is 22.9 Å². The highest BCUT2D eigenvalue weighted by Crippen LogP contribution is 2.34. The number of anilines is 1. The average Bonchev–Trinajstić information content (AvgIpc) is 2.53. The smallest absolute Gasteiger partial charge is 0.417 e. The van der Waals surface area contributed by atoms with Crippen molar-refractivity contribution in [2.45, 2.75) is 13.1 Å². The van der Waals surface area contributed by atoms with Crippen LogP contribution < -0.4 is 5.73 Å². The van der Waals surface area contributed by atoms with E-state index in [0.717, 1.165) is 6.07 Å². The Bertz CT molecular complexity index is 820. The maximum atomic E-state index is 12.7. The lowest BCUT2D eigenvalue weighted by atomic mass is 10.0. The van der Waals surface area contributed by atoms with Gasteiger partial charge in [0.05, 0.1) is 23.6 Å². The Balaban J connectivity index is 2.38. The van der Waals surface area contributed by atoms with E-state index in [9.17, 15) is 18.0 Å². The molecule has 2 rings (SSSR count). The fourth-order valence-corrected chi connectivity index (χ4v) is 2.23. The van der Waals surface area contributed by atoms with Gasteiger partial charge in [-0.2, -0.15) is 13.2 Å². The lowest BCUT2D eigenvalue weighted by Crippen LogP contribution is -2.07. The first kappa shape index (κ1) is 18.8. The van der Waals surface area contributed by atoms with E-state index >= 15 is 0 Å². The number of halogens is 4. The average molecular weight is 371 g/mol. The second kappa shape index (κ2) is 7.57. The van der Waals surface area contributed by atoms with Crippen LogP contribution in [-0.4, -0.2) is 17.6 Å². The van der Waals surface area contributed by atoms with Crippen LogP contribution in [0.2, 0.25) is 5.02 Å². The van der Waals surface area contributed by atoms with E-state index in [0.29, 0.717) is 22.3 Å². The minimum atomic E-state index is -4.52. The number of ether oxygens (including phenoxy) is 1. The van der Waals surface area contributed by atoms with Crippen molar-refractivity contribution >= 4 is 29.3 Å². The van der Waals surface area contributed by atoms with Crippen molar-refractivity contribution < 1.29 is 22.7 Å². The summed E-state index contributed by atoms with van der Waals surface area (Å²) in [5.41, 5.74) is 5.81. The van der Waals surface area contributed by atoms with Crippen LogP contribution in [0.15, 0.2) is 36.5 Å². The summed E-state index contributed by atoms with van der Waals surface area (Å²) in [6.07, 6.45) is -1.15. The molecule has 4 nitrogen and oxygen atoms in total. The Morgan fingerprint density at radius 3 is 2.68 bits per heavy atom. The standard InChI is InChI=1S/C17H14ClF3N2O2/c1-2-25-15(24)6-4-10-7-11(3-5-13(10)18)16-14(22)8-12(9-23-16)17(19,20)21/h3-9H,2,22H2,1H3/b6-4+. The summed E-state index contributed by atoms with van der Waals surface area (Å²) < 4.78 is 42.9. The zero-order valence-corrected chi connectivity index (χ0v) is 13.9. The molecule has 0 spiro atoms. The second-order valence-corrected chi connectivity index (χ2v) is 5.39. The van der Waals surface area contributed by atoms with Gasteiger partial charge in [0.1, 0.15) is 0 Å². The number of nitrogens with zero attached hydrogens (tertiary/aromatic N) is 1. The van der Waals surface area contributed by atoms with Gasteiger partial charge < -0.3 is 10.5 Å². The van der Waals surface area contributed by atoms with Crippen LogP contribution in [0.4, 0.5) is 18.9 Å². The molecule has 1 aromatic heterocycles. The summed E-state index contributed by atoms with van der Waals surface area (Å²) in [5, 5.41) is 0.356. The number of benzene rings is 1. The number of carbonyl (C=O) groups is 1. The predicted molar refractivity (Wildman–Crippen MR) is 89.8 cm³/mol. The topological polar surface area (TPSA) is 65.2 Å². The van der Waals surface area contributed by atoms with Gasteiger partial charge in [-0.15, -0.1) is 0 Å². The maximum absolute atomic E-state index is 12.7. The monoisotopic (exact) mass is 370 g/mol. The van der Waals surface area contributed by atoms with E-state index in [1.165, 1.54) is 12.2 Å². The Hall–Kier alpha value is -2.54. The summed E-state index contributed by atoms with van der Waals surface area (Å²) in [6.45, 7) is 1.92. The van der Waals surface area contributed by atoms with E-state index in [-0.39, 0.29) is 18.0 Å². The fraction of sp³-hybridized carbons (Fsp3) is 0.176. The molecule has 0 radical (unpaired) electrons. The Morgan fingerprint density at radius 2 is 2.08 bits per heavy atom. The molecule has 2 aromatic rings. The van der Waals surface area contributed by atoms with E-state index in [1.54, 1.807) is 25.1 Å². The van der Waals surface area contributed by atoms with Crippen LogP contribution in [-0.2, 0) is 15.7 Å². The second-order valence-electron chi connectivity index (χ2n) is 4.98. The van der Waals surface area contributed by atoms with Crippen LogP contribution in [0, 0.1) is 0 Å². The van der Waals surface area contributed by atoms with E-state index in [4.69, 9.17) is 22.1 Å². The highest BCUT2D eigenvalue weighted by atomic mass is 35.5. The van der Waals surface area contributed by atoms with Crippen molar-refractivity contribution in [2.75, 3.05) is 12.3 Å². The number of nitrogens with two attached hydrogens (primary N) is 1. The molecule has 0 unspecified atom stereocenters. The maximum Gasteiger partial charge on any atom is 0.417 e. The molecule has 0 saturated heterocycles. The fourth-order valence-electron chi connectivity index (χ4n) is 2.04. The van der Waals surface area contributed by atoms with Gasteiger partial charge in [0.25, 0.3) is 0 Å². The number of rotatable bonds is 4. The van der Waals surface area contributed by atoms with Crippen molar-refractivity contribution in [3.8, 4) is 11.3 Å². The van der Waals surface area contributed by atoms with Crippen molar-refractivity contribution in [3.63, 3.8) is 0 Å². The third kappa shape index (κ3) is 4.73. The van der Waals surface area contributed by atoms with Crippen molar-refractivity contribution in [2.24, 2.45) is 0 Å². The van der Waals surface area contributed by atoms with Gasteiger partial charge in [-0.05, 0) is 36.8 Å². The SMILES string of the molecule is CCOC(=O)/C=C/c1cc(-c2ncc(C(F)(F)F)cc2N)ccc1Cl. The molecular formula is C17H14ClF3N2O2. The first-order chi connectivity index (χ1) is 11.7. The lowest BCUT2D eigenvalue weighted by Gasteiger charge is -2.11. The van der Waals surface area contributed by atoms with Crippen LogP contribution in [0.25, 0.3) is 17.3 Å². The van der Waals surface area contributed by atoms with Gasteiger partial charge in [-0.1, -0.05) is 17.7 Å². The molecule has 8 heteroatoms. The number of aromatic nitrogens is 1. The molecule has 132 valence electrons. The molecule has 0 aliphatic heterocycles. The zero-order valence-electron chi connectivity index (χ0n) is 13.1. The van der Waals surface area contributed by atoms with Crippen LogP contribution >= 0.6 is 11.6 Å². The Labute approximate surface area is 147 Å². The zero-order chi connectivity index (χ0) is 18.6. The van der Waals surface area contributed by atoms with Gasteiger partial charge in [0.2, 0.25) is 0 Å². The van der Waals surface area contributed by atoms with Crippen LogP contribution in [0.5, 0.6) is 0 Å². The first-order valence-corrected chi connectivity index (χ1v) is 7.57. The molecular weight excluding hydrogens is 357 g/mol. The molecule has 0 saturated carbocycles. The lowest BCUT2D eigenvalue weighted by molar-refractivity contribution is -0.138. The third-order valence-corrected chi connectivity index (χ3v) is 3.54. The predicted octanol–water partition coefficient (Wildman–Crippen LogP) is 4.58. The number of esters is 1. The number of nitrogen functional groups attached to an aromatic ring is 1. The quantitative estimate of drug-likeness (QED) is 0.632. The van der Waals surface area contributed by atoms with Gasteiger partial charge in [0.15, 0.2) is 0 Å². The molecule has 2 N–H and O–H groups in total. The summed E-state index contributed by atoms with van der Waals surface area (Å²) in [7, 11) is 0. The highest BCUT2D eigenvalue weighted by molar-refractivity contribution is 6.32. The summed E-state index contributed by atoms with van der Waals surface area (Å²) in [4.78, 5) is 15.2. The molecule has 1 aromatic carbocycles. The number of alkyl halides is 3. The number of carbonyl (C=O) groups excluding carboxylic acids is 1. The minimum Gasteiger partial charge on any atom is -0.463 e. The van der Waals surface area contributed by atoms with Gasteiger partial charge >= 0.3 is 12.1 Å². The molecule has 25 heavy (non-hydrogen) atoms. The molecule has 1 heterocycles. The largest absolute Gasteiger partial charge is 0.463 e. The van der Waals surface area contributed by atoms with Crippen molar-refractivity contribution in [1.82, 2.24) is 4.98 Å². The molecule has 0 amide bonds. The van der Waals surface area contributed by atoms with Crippen LogP contribution in [0.1, 0.15) is 18.1 Å². The Kier molecular flexibility index (Phi) is 5.69. The van der Waals surface area contributed by atoms with Crippen molar-refractivity contribution in [1.29, 1.82) is 0 Å². The van der Waals surface area contributed by atoms with E-state index in [2.05, 4.69) is 4.98 Å². The van der Waals surface area contributed by atoms with Crippen molar-refractivity contribution in [3.05, 3.63) is 52.7 Å². The number of pyridine rings is 1. The molecule has 0 fully saturated rings. The normalized spacial score (nSPS) is 11.7. The molecule has 0 aliphatic rings. The number of hydrogen-bond acceptors (Lipinski definition) is 4. The van der Waals surface area contributed by atoms with Crippen LogP contribution in [0.3, 0.4) is 0 Å². The summed E-state index contributed by atoms with van der Waals surface area (Å²) >= 11 is 6.07. The molecule has 0 bridgehead atoms. The van der Waals surface area contributed by atoms with E-state index in [1.807, 2.05) is 0 Å². The van der Waals surface area contributed by atoms with E-state index < -0.39 is 17.7 Å². The first-order valence-electron chi connectivity index (χ1n) is 7.20. The van der Waals surface area contributed by atoms with Gasteiger partial charge in [-0.25, -0.2) is 4.79 Å². The summed E-state index contributed by atoms with van der Waals surface area (Å²) in [6, 6.07) is 5.52. The minimum absolute atomic E-state index is 0.113. The number of hydrogen-bond donors (Lipinski definition) is 1. The Morgan fingerprint density at radius 1 is 1.36 bits per heavy atom. The van der Waals surface area contributed by atoms with Gasteiger partial charge in [-0.3, -0.25) is 4.98 Å². The molecule has 0 aliphatic carbocycles. The third-order valence-electron chi connectivity index (χ3n) is 3.20. The summed E-state index contributed by atoms with van der Waals surface area (Å²) in [5.74, 6) is -0.531. The highest BCUT2D eigenvalue weighted by Gasteiger charge is 2.31.